The second-order valence-electron chi connectivity index (χ2n) is 12.2. The Labute approximate surface area is 256 Å². The second kappa shape index (κ2) is 13.6. The number of nitrogens with zero attached hydrogens (tertiary/aromatic N) is 3. The van der Waals surface area contributed by atoms with Gasteiger partial charge >= 0.3 is 5.97 Å². The number of hydrogen-bond donors (Lipinski definition) is 1. The van der Waals surface area contributed by atoms with Gasteiger partial charge in [0.25, 0.3) is 5.91 Å². The van der Waals surface area contributed by atoms with Crippen LogP contribution in [0.25, 0.3) is 0 Å². The summed E-state index contributed by atoms with van der Waals surface area (Å²) in [6.07, 6.45) is 6.32. The summed E-state index contributed by atoms with van der Waals surface area (Å²) in [4.78, 5) is 48.2. The van der Waals surface area contributed by atoms with E-state index in [1.807, 2.05) is 38.1 Å². The molecule has 0 radical (unpaired) electrons. The van der Waals surface area contributed by atoms with Crippen molar-refractivity contribution in [2.24, 2.45) is 17.8 Å². The fourth-order valence-corrected chi connectivity index (χ4v) is 7.55. The van der Waals surface area contributed by atoms with Crippen LogP contribution in [0.3, 0.4) is 0 Å². The van der Waals surface area contributed by atoms with Crippen molar-refractivity contribution in [3.63, 3.8) is 0 Å². The van der Waals surface area contributed by atoms with Gasteiger partial charge in [0.05, 0.1) is 18.1 Å². The number of benzene rings is 1. The summed E-state index contributed by atoms with van der Waals surface area (Å²) < 4.78 is 12.5. The van der Waals surface area contributed by atoms with Crippen LogP contribution in [-0.4, -0.2) is 84.4 Å². The van der Waals surface area contributed by atoms with Crippen molar-refractivity contribution >= 4 is 29.2 Å². The number of fused-ring (bicyclic) bond motifs is 1. The molecule has 236 valence electrons. The molecular weight excluding hydrogens is 546 g/mol. The summed E-state index contributed by atoms with van der Waals surface area (Å²) in [5, 5.41) is 9.32. The minimum Gasteiger partial charge on any atom is -0.465 e. The van der Waals surface area contributed by atoms with Gasteiger partial charge in [-0.3, -0.25) is 14.4 Å². The highest BCUT2D eigenvalue weighted by Crippen LogP contribution is 2.65. The molecule has 43 heavy (non-hydrogen) atoms. The minimum absolute atomic E-state index is 0.0665. The molecule has 3 aliphatic rings. The highest BCUT2D eigenvalue weighted by molar-refractivity contribution is 6.05. The minimum atomic E-state index is -1.15. The number of unbranched alkanes of at least 4 members (excludes halogenated alkanes) is 2. The molecule has 3 unspecified atom stereocenters. The van der Waals surface area contributed by atoms with Gasteiger partial charge in [-0.25, -0.2) is 0 Å². The molecule has 4 rings (SSSR count). The third-order valence-electron chi connectivity index (χ3n) is 9.79. The van der Waals surface area contributed by atoms with Crippen molar-refractivity contribution in [2.45, 2.75) is 77.0 Å². The monoisotopic (exact) mass is 595 g/mol. The average molecular weight is 596 g/mol. The van der Waals surface area contributed by atoms with Crippen LogP contribution in [0.2, 0.25) is 0 Å². The summed E-state index contributed by atoms with van der Waals surface area (Å²) in [6, 6.07) is 6.98. The van der Waals surface area contributed by atoms with Crippen LogP contribution in [0, 0.1) is 17.8 Å². The van der Waals surface area contributed by atoms with E-state index in [4.69, 9.17) is 9.47 Å². The summed E-state index contributed by atoms with van der Waals surface area (Å²) in [7, 11) is 0. The first-order valence-electron chi connectivity index (χ1n) is 15.8. The van der Waals surface area contributed by atoms with Gasteiger partial charge in [0.1, 0.15) is 17.6 Å². The first-order chi connectivity index (χ1) is 20.6. The second-order valence-corrected chi connectivity index (χ2v) is 12.2. The lowest BCUT2D eigenvalue weighted by Crippen LogP contribution is -2.57. The van der Waals surface area contributed by atoms with E-state index in [1.165, 1.54) is 0 Å². The van der Waals surface area contributed by atoms with Crippen LogP contribution in [0.5, 0.6) is 0 Å². The van der Waals surface area contributed by atoms with Crippen LogP contribution in [0.15, 0.2) is 49.6 Å². The fourth-order valence-electron chi connectivity index (χ4n) is 7.55. The quantitative estimate of drug-likeness (QED) is 0.172. The van der Waals surface area contributed by atoms with Crippen molar-refractivity contribution in [3.8, 4) is 0 Å². The van der Waals surface area contributed by atoms with Crippen LogP contribution in [0.1, 0.15) is 59.8 Å². The predicted molar refractivity (Wildman–Crippen MR) is 168 cm³/mol. The fraction of sp³-hybridized carbons (Fsp3) is 0.618. The van der Waals surface area contributed by atoms with E-state index in [0.29, 0.717) is 44.3 Å². The zero-order chi connectivity index (χ0) is 31.4. The maximum atomic E-state index is 14.8. The summed E-state index contributed by atoms with van der Waals surface area (Å²) in [5.74, 6) is -2.64. The van der Waals surface area contributed by atoms with Crippen molar-refractivity contribution in [1.82, 2.24) is 4.90 Å². The van der Waals surface area contributed by atoms with Crippen molar-refractivity contribution in [1.29, 1.82) is 0 Å². The van der Waals surface area contributed by atoms with Gasteiger partial charge in [0, 0.05) is 44.2 Å². The van der Waals surface area contributed by atoms with Gasteiger partial charge in [0.2, 0.25) is 5.91 Å². The largest absolute Gasteiger partial charge is 0.465 e. The van der Waals surface area contributed by atoms with Gasteiger partial charge in [-0.05, 0) is 83.1 Å². The van der Waals surface area contributed by atoms with Gasteiger partial charge in [0.15, 0.2) is 0 Å². The van der Waals surface area contributed by atoms with E-state index in [2.05, 4.69) is 31.9 Å². The number of amides is 2. The standard InChI is InChI=1S/C34H49N3O6/c1-7-11-22-42-32(41)28-27-30(39)37(20-13-12-14-21-38)29(34(27)23-24(5)33(28,6)43-34)31(40)36(19-8-2)26-17-15-25(16-18-26)35(9-3)10-4/h7-8,15-18,24,27-29,38H,1-2,9-14,19-23H2,3-6H3/t24?,27-,28+,29?,33-,34?/m0/s1. The van der Waals surface area contributed by atoms with Crippen molar-refractivity contribution in [2.75, 3.05) is 49.2 Å². The lowest BCUT2D eigenvalue weighted by atomic mass is 9.62. The molecule has 9 heteroatoms. The average Bonchev–Trinajstić information content (AvgIpc) is 3.51. The number of likely N-dealkylation sites (tertiary alicyclic amines) is 1. The van der Waals surface area contributed by atoms with Crippen LogP contribution in [-0.2, 0) is 23.9 Å². The molecule has 1 spiro atoms. The molecule has 3 fully saturated rings. The number of esters is 1. The summed E-state index contributed by atoms with van der Waals surface area (Å²) in [6.45, 7) is 18.3. The van der Waals surface area contributed by atoms with E-state index in [1.54, 1.807) is 22.0 Å². The van der Waals surface area contributed by atoms with E-state index in [-0.39, 0.29) is 37.5 Å². The Balaban J connectivity index is 1.74. The van der Waals surface area contributed by atoms with E-state index in [9.17, 15) is 19.5 Å². The zero-order valence-corrected chi connectivity index (χ0v) is 26.3. The Morgan fingerprint density at radius 3 is 2.40 bits per heavy atom. The molecule has 2 bridgehead atoms. The maximum absolute atomic E-state index is 14.8. The first kappa shape index (κ1) is 32.7. The highest BCUT2D eigenvalue weighted by Gasteiger charge is 2.80. The molecule has 3 heterocycles. The van der Waals surface area contributed by atoms with Gasteiger partial charge in [-0.1, -0.05) is 19.1 Å². The molecule has 0 saturated carbocycles. The Kier molecular flexibility index (Phi) is 10.4. The number of hydrogen-bond acceptors (Lipinski definition) is 7. The molecule has 3 saturated heterocycles. The van der Waals surface area contributed by atoms with Gasteiger partial charge in [-0.15, -0.1) is 13.2 Å². The number of anilines is 2. The highest BCUT2D eigenvalue weighted by atomic mass is 16.6. The number of rotatable bonds is 16. The van der Waals surface area contributed by atoms with E-state index >= 15 is 0 Å². The Morgan fingerprint density at radius 2 is 1.79 bits per heavy atom. The molecule has 3 aliphatic heterocycles. The molecule has 1 N–H and O–H groups in total. The first-order valence-corrected chi connectivity index (χ1v) is 15.8. The molecular formula is C34H49N3O6. The van der Waals surface area contributed by atoms with Crippen molar-refractivity contribution in [3.05, 3.63) is 49.6 Å². The molecule has 9 nitrogen and oxygen atoms in total. The van der Waals surface area contributed by atoms with E-state index in [0.717, 1.165) is 18.8 Å². The molecule has 1 aromatic rings. The third kappa shape index (κ3) is 5.74. The summed E-state index contributed by atoms with van der Waals surface area (Å²) in [5.41, 5.74) is -0.304. The SMILES string of the molecule is C=CCCOC(=O)[C@H]1[C@H]2C(=O)N(CCCCCO)C(C(=O)N(CC=C)c3ccc(N(CC)CC)cc3)C23CC(C)[C@]1(C)O3. The number of ether oxygens (including phenoxy) is 2. The lowest BCUT2D eigenvalue weighted by Gasteiger charge is -2.37. The number of carbonyl (C=O) groups is 3. The van der Waals surface area contributed by atoms with Gasteiger partial charge in [-0.2, -0.15) is 0 Å². The zero-order valence-electron chi connectivity index (χ0n) is 26.3. The number of aliphatic hydroxyl groups is 1. The Bertz CT molecular complexity index is 1180. The maximum Gasteiger partial charge on any atom is 0.312 e. The molecule has 2 amide bonds. The molecule has 6 atom stereocenters. The number of aliphatic hydroxyl groups excluding tert-OH is 1. The topological polar surface area (TPSA) is 99.6 Å². The third-order valence-corrected chi connectivity index (χ3v) is 9.79. The predicted octanol–water partition coefficient (Wildman–Crippen LogP) is 4.34. The summed E-state index contributed by atoms with van der Waals surface area (Å²) >= 11 is 0. The van der Waals surface area contributed by atoms with E-state index < -0.39 is 35.0 Å². The molecule has 1 aromatic carbocycles. The smallest absolute Gasteiger partial charge is 0.312 e. The lowest BCUT2D eigenvalue weighted by molar-refractivity contribution is -0.161. The Hall–Kier alpha value is -3.17. The van der Waals surface area contributed by atoms with Crippen LogP contribution in [0.4, 0.5) is 11.4 Å². The number of carbonyl (C=O) groups excluding carboxylic acids is 3. The van der Waals surface area contributed by atoms with Crippen LogP contribution >= 0.6 is 0 Å². The van der Waals surface area contributed by atoms with Crippen molar-refractivity contribution < 1.29 is 29.0 Å². The van der Waals surface area contributed by atoms with Gasteiger partial charge < -0.3 is 29.3 Å². The van der Waals surface area contributed by atoms with Crippen LogP contribution < -0.4 is 9.80 Å². The molecule has 0 aliphatic carbocycles. The Morgan fingerprint density at radius 1 is 1.12 bits per heavy atom. The molecule has 0 aromatic heterocycles. The normalized spacial score (nSPS) is 29.0.